The van der Waals surface area contributed by atoms with Gasteiger partial charge in [-0.25, -0.2) is 0 Å². The number of amides is 2. The molecule has 0 saturated heterocycles. The fraction of sp³-hybridized carbons (Fsp3) is 0.300. The van der Waals surface area contributed by atoms with E-state index in [4.69, 9.17) is 23.2 Å². The number of azo groups is 2. The molecule has 0 aliphatic rings. The van der Waals surface area contributed by atoms with Crippen molar-refractivity contribution in [3.8, 4) is 11.1 Å². The van der Waals surface area contributed by atoms with Crippen molar-refractivity contribution < 1.29 is 19.2 Å². The number of rotatable bonds is 15. The Bertz CT molecular complexity index is 2000. The van der Waals surface area contributed by atoms with Crippen LogP contribution in [-0.4, -0.2) is 35.5 Å². The number of carbonyl (C=O) groups is 4. The van der Waals surface area contributed by atoms with Crippen LogP contribution in [0.1, 0.15) is 63.8 Å². The fourth-order valence-electron chi connectivity index (χ4n) is 5.65. The molecule has 12 heteroatoms. The zero-order valence-electron chi connectivity index (χ0n) is 30.1. The Labute approximate surface area is 314 Å². The Morgan fingerprint density at radius 2 is 0.962 bits per heavy atom. The second kappa shape index (κ2) is 18.4. The summed E-state index contributed by atoms with van der Waals surface area (Å²) in [5, 5.41) is 22.4. The van der Waals surface area contributed by atoms with Crippen molar-refractivity contribution in [2.75, 3.05) is 10.6 Å². The van der Waals surface area contributed by atoms with Gasteiger partial charge in [-0.2, -0.15) is 20.5 Å². The van der Waals surface area contributed by atoms with E-state index in [0.717, 1.165) is 36.8 Å². The molecule has 270 valence electrons. The minimum absolute atomic E-state index is 0.254. The van der Waals surface area contributed by atoms with Crippen LogP contribution >= 0.6 is 23.2 Å². The van der Waals surface area contributed by atoms with Gasteiger partial charge in [0.15, 0.2) is 11.6 Å². The Kier molecular flexibility index (Phi) is 14.1. The van der Waals surface area contributed by atoms with Crippen LogP contribution in [-0.2, 0) is 44.9 Å². The summed E-state index contributed by atoms with van der Waals surface area (Å²) in [4.78, 5) is 50.7. The number of nitrogens with one attached hydrogen (secondary N) is 2. The van der Waals surface area contributed by atoms with Crippen LogP contribution < -0.4 is 10.6 Å². The summed E-state index contributed by atoms with van der Waals surface area (Å²) in [7, 11) is 0. The number of hydrogen-bond donors (Lipinski definition) is 2. The molecule has 0 saturated carbocycles. The standard InChI is InChI=1S/C40H42Cl2N6O4/c1-7-25-11-17-31(19-27(25)9-3)43-39(51)37(23(5)49)47-45-30-15-13-29(14-16-30)36-34(41)21-33(22-35(36)42)46-48-38(24(6)50)40(52)44-32-18-12-26(8-2)28(10-4)20-32/h11-22,37-38H,7-10H2,1-6H3,(H,43,51)(H,44,52). The second-order valence-corrected chi connectivity index (χ2v) is 13.0. The molecule has 0 spiro atoms. The molecule has 10 nitrogen and oxygen atoms in total. The molecular formula is C40H42Cl2N6O4. The summed E-state index contributed by atoms with van der Waals surface area (Å²) < 4.78 is 0. The van der Waals surface area contributed by atoms with Crippen LogP contribution in [0, 0.1) is 0 Å². The third-order valence-corrected chi connectivity index (χ3v) is 9.09. The first-order valence-corrected chi connectivity index (χ1v) is 17.9. The van der Waals surface area contributed by atoms with E-state index in [2.05, 4.69) is 44.9 Å². The second-order valence-electron chi connectivity index (χ2n) is 12.1. The van der Waals surface area contributed by atoms with Gasteiger partial charge in [-0.3, -0.25) is 19.2 Å². The zero-order valence-corrected chi connectivity index (χ0v) is 31.6. The van der Waals surface area contributed by atoms with Crippen LogP contribution in [0.2, 0.25) is 10.0 Å². The Balaban J connectivity index is 1.46. The van der Waals surface area contributed by atoms with Crippen LogP contribution in [0.4, 0.5) is 22.7 Å². The van der Waals surface area contributed by atoms with Crippen molar-refractivity contribution in [1.82, 2.24) is 0 Å². The van der Waals surface area contributed by atoms with Crippen molar-refractivity contribution >= 4 is 69.3 Å². The minimum Gasteiger partial charge on any atom is -0.324 e. The van der Waals surface area contributed by atoms with E-state index in [9.17, 15) is 19.2 Å². The number of halogens is 2. The molecule has 2 amide bonds. The van der Waals surface area contributed by atoms with E-state index in [1.165, 1.54) is 37.1 Å². The molecule has 52 heavy (non-hydrogen) atoms. The Morgan fingerprint density at radius 1 is 0.558 bits per heavy atom. The molecule has 0 fully saturated rings. The first-order valence-electron chi connectivity index (χ1n) is 17.2. The molecule has 4 rings (SSSR count). The molecule has 2 unspecified atom stereocenters. The zero-order chi connectivity index (χ0) is 37.9. The SMILES string of the molecule is CCc1ccc(NC(=O)C(N=Nc2ccc(-c3c(Cl)cc(N=NC(C(C)=O)C(=O)Nc4ccc(CC)c(CC)c4)cc3Cl)cc2)C(C)=O)cc1CC. The number of aryl methyl sites for hydroxylation is 4. The van der Waals surface area contributed by atoms with Gasteiger partial charge in [0.05, 0.1) is 21.4 Å². The molecule has 4 aromatic rings. The van der Waals surface area contributed by atoms with Gasteiger partial charge >= 0.3 is 0 Å². The number of anilines is 2. The third kappa shape index (κ3) is 10.0. The average Bonchev–Trinajstić information content (AvgIpc) is 3.11. The summed E-state index contributed by atoms with van der Waals surface area (Å²) in [5.41, 5.74) is 7.63. The van der Waals surface area contributed by atoms with Crippen LogP contribution in [0.5, 0.6) is 0 Å². The van der Waals surface area contributed by atoms with E-state index in [-0.39, 0.29) is 15.7 Å². The molecular weight excluding hydrogens is 699 g/mol. The van der Waals surface area contributed by atoms with Gasteiger partial charge in [0.1, 0.15) is 0 Å². The number of carbonyl (C=O) groups excluding carboxylic acids is 4. The van der Waals surface area contributed by atoms with Crippen molar-refractivity contribution in [2.24, 2.45) is 20.5 Å². The first-order chi connectivity index (χ1) is 24.9. The van der Waals surface area contributed by atoms with Gasteiger partial charge in [0.25, 0.3) is 11.8 Å². The van der Waals surface area contributed by atoms with Crippen LogP contribution in [0.3, 0.4) is 0 Å². The quantitative estimate of drug-likeness (QED) is 0.0924. The lowest BCUT2D eigenvalue weighted by atomic mass is 10.0. The summed E-state index contributed by atoms with van der Waals surface area (Å²) in [6.45, 7) is 10.8. The number of hydrogen-bond acceptors (Lipinski definition) is 8. The summed E-state index contributed by atoms with van der Waals surface area (Å²) in [5.74, 6) is -2.10. The topological polar surface area (TPSA) is 142 Å². The number of ketones is 2. The molecule has 0 radical (unpaired) electrons. The third-order valence-electron chi connectivity index (χ3n) is 8.50. The summed E-state index contributed by atoms with van der Waals surface area (Å²) in [6.07, 6.45) is 3.39. The molecule has 0 aromatic heterocycles. The maximum absolute atomic E-state index is 13.0. The van der Waals surface area contributed by atoms with E-state index in [0.29, 0.717) is 28.2 Å². The highest BCUT2D eigenvalue weighted by atomic mass is 35.5. The van der Waals surface area contributed by atoms with E-state index in [1.54, 1.807) is 30.3 Å². The maximum atomic E-state index is 13.0. The van der Waals surface area contributed by atoms with E-state index >= 15 is 0 Å². The lowest BCUT2D eigenvalue weighted by Gasteiger charge is -2.13. The summed E-state index contributed by atoms with van der Waals surface area (Å²) >= 11 is 13.3. The van der Waals surface area contributed by atoms with Crippen molar-refractivity contribution in [2.45, 2.75) is 79.3 Å². The molecule has 0 aliphatic heterocycles. The van der Waals surface area contributed by atoms with Gasteiger partial charge in [0.2, 0.25) is 12.1 Å². The van der Waals surface area contributed by atoms with Crippen LogP contribution in [0.25, 0.3) is 11.1 Å². The lowest BCUT2D eigenvalue weighted by Crippen LogP contribution is -2.31. The van der Waals surface area contributed by atoms with Crippen molar-refractivity contribution in [3.05, 3.63) is 105 Å². The van der Waals surface area contributed by atoms with Crippen molar-refractivity contribution in [1.29, 1.82) is 0 Å². The molecule has 0 bridgehead atoms. The lowest BCUT2D eigenvalue weighted by molar-refractivity contribution is -0.127. The molecule has 4 aromatic carbocycles. The average molecular weight is 742 g/mol. The largest absolute Gasteiger partial charge is 0.324 e. The highest BCUT2D eigenvalue weighted by Crippen LogP contribution is 2.39. The van der Waals surface area contributed by atoms with E-state index < -0.39 is 35.5 Å². The Hall–Kier alpha value is -5.06. The Morgan fingerprint density at radius 3 is 1.35 bits per heavy atom. The monoisotopic (exact) mass is 740 g/mol. The van der Waals surface area contributed by atoms with Gasteiger partial charge < -0.3 is 10.6 Å². The predicted molar refractivity (Wildman–Crippen MR) is 208 cm³/mol. The van der Waals surface area contributed by atoms with Gasteiger partial charge in [-0.15, -0.1) is 0 Å². The smallest absolute Gasteiger partial charge is 0.258 e. The van der Waals surface area contributed by atoms with Gasteiger partial charge in [-0.05, 0) is 116 Å². The minimum atomic E-state index is -1.37. The molecule has 2 atom stereocenters. The number of nitrogens with zero attached hydrogens (tertiary/aromatic N) is 4. The number of Topliss-reactive ketones (excluding diaryl/α,β-unsaturated/α-hetero) is 2. The molecule has 2 N–H and O–H groups in total. The fourth-order valence-corrected chi connectivity index (χ4v) is 6.34. The maximum Gasteiger partial charge on any atom is 0.258 e. The molecule has 0 heterocycles. The highest BCUT2D eigenvalue weighted by Gasteiger charge is 2.25. The van der Waals surface area contributed by atoms with Gasteiger partial charge in [0, 0.05) is 16.9 Å². The predicted octanol–water partition coefficient (Wildman–Crippen LogP) is 10.3. The van der Waals surface area contributed by atoms with Crippen molar-refractivity contribution in [3.63, 3.8) is 0 Å². The normalized spacial score (nSPS) is 12.5. The van der Waals surface area contributed by atoms with E-state index in [1.807, 2.05) is 44.2 Å². The first kappa shape index (κ1) is 39.7. The number of benzene rings is 4. The van der Waals surface area contributed by atoms with Gasteiger partial charge in [-0.1, -0.05) is 75.2 Å². The summed E-state index contributed by atoms with van der Waals surface area (Å²) in [6, 6.07) is 18.5. The molecule has 0 aliphatic carbocycles. The van der Waals surface area contributed by atoms with Crippen LogP contribution in [0.15, 0.2) is 93.3 Å². The highest BCUT2D eigenvalue weighted by molar-refractivity contribution is 6.39.